The highest BCUT2D eigenvalue weighted by Gasteiger charge is 2.14. The van der Waals surface area contributed by atoms with Crippen molar-refractivity contribution in [3.63, 3.8) is 0 Å². The maximum atomic E-state index is 12.0. The number of nitrogens with one attached hydrogen (secondary N) is 1. The van der Waals surface area contributed by atoms with Crippen LogP contribution in [0.4, 0.5) is 5.69 Å². The molecule has 2 N–H and O–H groups in total. The second-order valence-corrected chi connectivity index (χ2v) is 4.82. The quantitative estimate of drug-likeness (QED) is 0.816. The number of nitrogens with zero attached hydrogens (tertiary/aromatic N) is 1. The molecule has 1 unspecified atom stereocenters. The Balaban J connectivity index is 2.93. The Labute approximate surface area is 116 Å². The summed E-state index contributed by atoms with van der Waals surface area (Å²) in [6, 6.07) is 4.99. The molecule has 0 aliphatic rings. The SMILES string of the molecule is CN(C)C(=O)c1cc(Cl)ccc1NCC(O)CCl. The van der Waals surface area contributed by atoms with Gasteiger partial charge in [-0.05, 0) is 18.2 Å². The molecular formula is C12H16Cl2N2O2. The van der Waals surface area contributed by atoms with E-state index in [1.165, 1.54) is 4.90 Å². The van der Waals surface area contributed by atoms with E-state index in [2.05, 4.69) is 5.32 Å². The molecule has 4 nitrogen and oxygen atoms in total. The third-order valence-corrected chi connectivity index (χ3v) is 2.92. The van der Waals surface area contributed by atoms with Crippen LogP contribution in [-0.2, 0) is 0 Å². The van der Waals surface area contributed by atoms with Crippen molar-refractivity contribution in [3.8, 4) is 0 Å². The van der Waals surface area contributed by atoms with Gasteiger partial charge in [-0.2, -0.15) is 0 Å². The Bertz CT molecular complexity index is 425. The van der Waals surface area contributed by atoms with E-state index in [4.69, 9.17) is 23.2 Å². The first kappa shape index (κ1) is 15.1. The van der Waals surface area contributed by atoms with Gasteiger partial charge in [0.05, 0.1) is 17.5 Å². The van der Waals surface area contributed by atoms with E-state index in [-0.39, 0.29) is 18.3 Å². The number of hydrogen-bond donors (Lipinski definition) is 2. The molecule has 0 spiro atoms. The minimum Gasteiger partial charge on any atom is -0.390 e. The summed E-state index contributed by atoms with van der Waals surface area (Å²) in [5.74, 6) is -0.0160. The third kappa shape index (κ3) is 4.05. The smallest absolute Gasteiger partial charge is 0.255 e. The Morgan fingerprint density at radius 1 is 1.50 bits per heavy atom. The van der Waals surface area contributed by atoms with Crippen molar-refractivity contribution < 1.29 is 9.90 Å². The van der Waals surface area contributed by atoms with Gasteiger partial charge in [-0.15, -0.1) is 11.6 Å². The van der Waals surface area contributed by atoms with Gasteiger partial charge in [0.15, 0.2) is 0 Å². The highest BCUT2D eigenvalue weighted by molar-refractivity contribution is 6.31. The number of aliphatic hydroxyl groups is 1. The normalized spacial score (nSPS) is 12.1. The Kier molecular flexibility index (Phi) is 5.72. The van der Waals surface area contributed by atoms with Crippen LogP contribution in [0.3, 0.4) is 0 Å². The van der Waals surface area contributed by atoms with E-state index in [0.29, 0.717) is 16.3 Å². The molecule has 1 rings (SSSR count). The monoisotopic (exact) mass is 290 g/mol. The van der Waals surface area contributed by atoms with Gasteiger partial charge < -0.3 is 15.3 Å². The summed E-state index contributed by atoms with van der Waals surface area (Å²) in [5, 5.41) is 12.9. The number of carbonyl (C=O) groups is 1. The van der Waals surface area contributed by atoms with Crippen LogP contribution in [0.25, 0.3) is 0 Å². The summed E-state index contributed by atoms with van der Waals surface area (Å²) < 4.78 is 0. The first-order valence-electron chi connectivity index (χ1n) is 5.44. The Hall–Kier alpha value is -0.970. The number of anilines is 1. The molecule has 1 atom stereocenters. The Morgan fingerprint density at radius 2 is 2.17 bits per heavy atom. The van der Waals surface area contributed by atoms with Crippen molar-refractivity contribution in [2.24, 2.45) is 0 Å². The summed E-state index contributed by atoms with van der Waals surface area (Å²) in [6.45, 7) is 0.277. The van der Waals surface area contributed by atoms with E-state index >= 15 is 0 Å². The minimum atomic E-state index is -0.662. The number of alkyl halides is 1. The first-order chi connectivity index (χ1) is 8.45. The van der Waals surface area contributed by atoms with Crippen molar-refractivity contribution >= 4 is 34.8 Å². The molecular weight excluding hydrogens is 275 g/mol. The number of carbonyl (C=O) groups excluding carboxylic acids is 1. The maximum Gasteiger partial charge on any atom is 0.255 e. The lowest BCUT2D eigenvalue weighted by atomic mass is 10.1. The molecule has 100 valence electrons. The Morgan fingerprint density at radius 3 is 2.72 bits per heavy atom. The molecule has 0 fully saturated rings. The summed E-state index contributed by atoms with van der Waals surface area (Å²) in [6.07, 6.45) is -0.662. The van der Waals surface area contributed by atoms with Crippen LogP contribution in [0.1, 0.15) is 10.4 Å². The van der Waals surface area contributed by atoms with E-state index in [1.807, 2.05) is 0 Å². The van der Waals surface area contributed by atoms with Gasteiger partial charge in [-0.1, -0.05) is 11.6 Å². The van der Waals surface area contributed by atoms with Crippen LogP contribution in [0.2, 0.25) is 5.02 Å². The zero-order valence-corrected chi connectivity index (χ0v) is 11.8. The third-order valence-electron chi connectivity index (χ3n) is 2.32. The number of aliphatic hydroxyl groups excluding tert-OH is 1. The molecule has 0 saturated heterocycles. The molecule has 1 aromatic rings. The highest BCUT2D eigenvalue weighted by Crippen LogP contribution is 2.21. The molecule has 0 heterocycles. The zero-order valence-electron chi connectivity index (χ0n) is 10.3. The first-order valence-corrected chi connectivity index (χ1v) is 6.36. The van der Waals surface area contributed by atoms with Crippen molar-refractivity contribution in [1.29, 1.82) is 0 Å². The van der Waals surface area contributed by atoms with Crippen LogP contribution in [0.15, 0.2) is 18.2 Å². The second-order valence-electron chi connectivity index (χ2n) is 4.08. The van der Waals surface area contributed by atoms with Crippen LogP contribution >= 0.6 is 23.2 Å². The van der Waals surface area contributed by atoms with Crippen molar-refractivity contribution in [1.82, 2.24) is 4.90 Å². The molecule has 18 heavy (non-hydrogen) atoms. The summed E-state index contributed by atoms with van der Waals surface area (Å²) >= 11 is 11.4. The zero-order chi connectivity index (χ0) is 13.7. The average molecular weight is 291 g/mol. The molecule has 6 heteroatoms. The van der Waals surface area contributed by atoms with Crippen LogP contribution in [-0.4, -0.2) is 48.5 Å². The van der Waals surface area contributed by atoms with Gasteiger partial charge >= 0.3 is 0 Å². The van der Waals surface area contributed by atoms with Crippen LogP contribution in [0, 0.1) is 0 Å². The van der Waals surface area contributed by atoms with E-state index < -0.39 is 6.10 Å². The average Bonchev–Trinajstić information content (AvgIpc) is 2.35. The summed E-state index contributed by atoms with van der Waals surface area (Å²) in [4.78, 5) is 13.4. The van der Waals surface area contributed by atoms with Gasteiger partial charge in [-0.25, -0.2) is 0 Å². The van der Waals surface area contributed by atoms with Crippen molar-refractivity contribution in [3.05, 3.63) is 28.8 Å². The predicted molar refractivity (Wildman–Crippen MR) is 74.7 cm³/mol. The standard InChI is InChI=1S/C12H16Cl2N2O2/c1-16(2)12(18)10-5-8(14)3-4-11(10)15-7-9(17)6-13/h3-5,9,15,17H,6-7H2,1-2H3. The lowest BCUT2D eigenvalue weighted by Gasteiger charge is -2.16. The molecule has 0 aliphatic heterocycles. The lowest BCUT2D eigenvalue weighted by molar-refractivity contribution is 0.0828. The number of benzene rings is 1. The van der Waals surface area contributed by atoms with Crippen molar-refractivity contribution in [2.45, 2.75) is 6.10 Å². The van der Waals surface area contributed by atoms with E-state index in [1.54, 1.807) is 32.3 Å². The van der Waals surface area contributed by atoms with Gasteiger partial charge in [0, 0.05) is 31.4 Å². The van der Waals surface area contributed by atoms with E-state index in [9.17, 15) is 9.90 Å². The topological polar surface area (TPSA) is 52.6 Å². The van der Waals surface area contributed by atoms with Gasteiger partial charge in [0.25, 0.3) is 5.91 Å². The lowest BCUT2D eigenvalue weighted by Crippen LogP contribution is -2.25. The predicted octanol–water partition coefficient (Wildman–Crippen LogP) is 2.05. The largest absolute Gasteiger partial charge is 0.390 e. The fourth-order valence-corrected chi connectivity index (χ4v) is 1.65. The maximum absolute atomic E-state index is 12.0. The minimum absolute atomic E-state index is 0.136. The molecule has 0 aromatic heterocycles. The van der Waals surface area contributed by atoms with Gasteiger partial charge in [-0.3, -0.25) is 4.79 Å². The molecule has 1 aromatic carbocycles. The number of halogens is 2. The molecule has 0 bridgehead atoms. The van der Waals surface area contributed by atoms with E-state index in [0.717, 1.165) is 0 Å². The highest BCUT2D eigenvalue weighted by atomic mass is 35.5. The molecule has 0 aliphatic carbocycles. The van der Waals surface area contributed by atoms with Crippen molar-refractivity contribution in [2.75, 3.05) is 31.8 Å². The van der Waals surface area contributed by atoms with Crippen LogP contribution in [0.5, 0.6) is 0 Å². The second kappa shape index (κ2) is 6.83. The summed E-state index contributed by atoms with van der Waals surface area (Å²) in [7, 11) is 3.33. The molecule has 1 amide bonds. The fraction of sp³-hybridized carbons (Fsp3) is 0.417. The van der Waals surface area contributed by atoms with Crippen LogP contribution < -0.4 is 5.32 Å². The number of hydrogen-bond acceptors (Lipinski definition) is 3. The number of rotatable bonds is 5. The number of amides is 1. The summed E-state index contributed by atoms with van der Waals surface area (Å²) in [5.41, 5.74) is 1.09. The molecule has 0 saturated carbocycles. The fourth-order valence-electron chi connectivity index (χ4n) is 1.37. The van der Waals surface area contributed by atoms with Gasteiger partial charge in [0.2, 0.25) is 0 Å². The van der Waals surface area contributed by atoms with Gasteiger partial charge in [0.1, 0.15) is 0 Å². The molecule has 0 radical (unpaired) electrons.